The molecular weight excluding hydrogens is 363 g/mol. The van der Waals surface area contributed by atoms with Crippen LogP contribution < -0.4 is 11.1 Å². The molecule has 25 heavy (non-hydrogen) atoms. The van der Waals surface area contributed by atoms with E-state index < -0.39 is 0 Å². The van der Waals surface area contributed by atoms with Crippen molar-refractivity contribution in [3.8, 4) is 11.5 Å². The zero-order valence-electron chi connectivity index (χ0n) is 13.9. The lowest BCUT2D eigenvalue weighted by molar-refractivity contribution is -0.126. The minimum Gasteiger partial charge on any atom is -0.346 e. The summed E-state index contributed by atoms with van der Waals surface area (Å²) in [5.74, 6) is 0.838. The van der Waals surface area contributed by atoms with Gasteiger partial charge in [0.05, 0.1) is 6.04 Å². The molecule has 3 N–H and O–H groups in total. The second kappa shape index (κ2) is 8.65. The molecule has 3 rings (SSSR count). The molecule has 0 spiro atoms. The van der Waals surface area contributed by atoms with E-state index in [1.54, 1.807) is 12.1 Å². The van der Waals surface area contributed by atoms with Gasteiger partial charge in [0, 0.05) is 22.5 Å². The first-order chi connectivity index (χ1) is 11.5. The molecule has 1 fully saturated rings. The maximum Gasteiger partial charge on any atom is 0.257 e. The molecule has 6 nitrogen and oxygen atoms in total. The first-order valence-electron chi connectivity index (χ1n) is 8.18. The molecule has 0 bridgehead atoms. The number of nitrogens with zero attached hydrogens (tertiary/aromatic N) is 2. The topological polar surface area (TPSA) is 94.0 Å². The number of halogens is 2. The van der Waals surface area contributed by atoms with Crippen molar-refractivity contribution in [2.24, 2.45) is 11.7 Å². The summed E-state index contributed by atoms with van der Waals surface area (Å²) in [6.45, 7) is 1.84. The largest absolute Gasteiger partial charge is 0.346 e. The molecule has 1 aromatic heterocycles. The lowest BCUT2D eigenvalue weighted by atomic mass is 9.85. The summed E-state index contributed by atoms with van der Waals surface area (Å²) in [5.41, 5.74) is 6.74. The average molecular weight is 385 g/mol. The van der Waals surface area contributed by atoms with Crippen LogP contribution in [0.15, 0.2) is 28.8 Å². The van der Waals surface area contributed by atoms with Crippen molar-refractivity contribution in [3.63, 3.8) is 0 Å². The van der Waals surface area contributed by atoms with Crippen LogP contribution in [0.3, 0.4) is 0 Å². The Morgan fingerprint density at radius 3 is 2.76 bits per heavy atom. The van der Waals surface area contributed by atoms with Gasteiger partial charge in [-0.2, -0.15) is 4.98 Å². The molecule has 1 heterocycles. The third-order valence-electron chi connectivity index (χ3n) is 4.36. The molecule has 1 amide bonds. The number of rotatable bonds is 4. The Labute approximate surface area is 157 Å². The van der Waals surface area contributed by atoms with Gasteiger partial charge in [0.2, 0.25) is 5.91 Å². The third kappa shape index (κ3) is 4.93. The van der Waals surface area contributed by atoms with Crippen molar-refractivity contribution < 1.29 is 9.32 Å². The normalized spacial score (nSPS) is 21.2. The van der Waals surface area contributed by atoms with Gasteiger partial charge in [0.15, 0.2) is 5.82 Å². The first-order valence-corrected chi connectivity index (χ1v) is 8.56. The quantitative estimate of drug-likeness (QED) is 0.840. The van der Waals surface area contributed by atoms with Crippen LogP contribution in [-0.4, -0.2) is 22.1 Å². The summed E-state index contributed by atoms with van der Waals surface area (Å²) in [5, 5.41) is 7.57. The molecule has 136 valence electrons. The fraction of sp³-hybridized carbons (Fsp3) is 0.471. The predicted octanol–water partition coefficient (Wildman–Crippen LogP) is 3.51. The van der Waals surface area contributed by atoms with Crippen LogP contribution in [-0.2, 0) is 4.79 Å². The summed E-state index contributed by atoms with van der Waals surface area (Å²) in [4.78, 5) is 16.7. The van der Waals surface area contributed by atoms with Gasteiger partial charge >= 0.3 is 0 Å². The molecule has 3 atom stereocenters. The highest BCUT2D eigenvalue weighted by molar-refractivity contribution is 6.30. The highest BCUT2D eigenvalue weighted by Gasteiger charge is 2.27. The number of carbonyl (C=O) groups excluding carboxylic acids is 1. The maximum absolute atomic E-state index is 12.4. The van der Waals surface area contributed by atoms with Gasteiger partial charge in [-0.15, -0.1) is 12.4 Å². The Morgan fingerprint density at radius 2 is 2.08 bits per heavy atom. The van der Waals surface area contributed by atoms with Crippen molar-refractivity contribution in [2.45, 2.75) is 44.7 Å². The first kappa shape index (κ1) is 19.7. The Hall–Kier alpha value is -1.63. The van der Waals surface area contributed by atoms with Crippen molar-refractivity contribution in [2.75, 3.05) is 0 Å². The summed E-state index contributed by atoms with van der Waals surface area (Å²) in [6, 6.07) is 6.95. The molecule has 0 aliphatic heterocycles. The molecule has 1 aromatic carbocycles. The smallest absolute Gasteiger partial charge is 0.257 e. The Kier molecular flexibility index (Phi) is 6.81. The van der Waals surface area contributed by atoms with E-state index in [1.807, 2.05) is 19.1 Å². The van der Waals surface area contributed by atoms with Crippen LogP contribution in [0.4, 0.5) is 0 Å². The number of carbonyl (C=O) groups is 1. The lowest BCUT2D eigenvalue weighted by Crippen LogP contribution is -2.38. The standard InChI is InChI=1S/C17H21ClN4O2.ClH/c1-10(20-16(23)12-3-2-4-14(19)9-12)15-21-17(24-22-15)11-5-7-13(18)8-6-11;/h5-8,10,12,14H,2-4,9,19H2,1H3,(H,20,23);1H. The summed E-state index contributed by atoms with van der Waals surface area (Å²) in [7, 11) is 0. The van der Waals surface area contributed by atoms with Gasteiger partial charge in [0.1, 0.15) is 0 Å². The van der Waals surface area contributed by atoms with Crippen LogP contribution in [0.5, 0.6) is 0 Å². The fourth-order valence-electron chi connectivity index (χ4n) is 2.98. The van der Waals surface area contributed by atoms with Crippen molar-refractivity contribution in [3.05, 3.63) is 35.1 Å². The number of aromatic nitrogens is 2. The summed E-state index contributed by atoms with van der Waals surface area (Å²) < 4.78 is 5.28. The van der Waals surface area contributed by atoms with E-state index in [9.17, 15) is 4.79 Å². The van der Waals surface area contributed by atoms with E-state index in [-0.39, 0.29) is 36.3 Å². The van der Waals surface area contributed by atoms with E-state index >= 15 is 0 Å². The van der Waals surface area contributed by atoms with Crippen LogP contribution in [0.1, 0.15) is 44.5 Å². The molecular formula is C17H22Cl2N4O2. The number of nitrogens with two attached hydrogens (primary N) is 1. The van der Waals surface area contributed by atoms with E-state index in [1.165, 1.54) is 0 Å². The SMILES string of the molecule is CC(NC(=O)C1CCCC(N)C1)c1noc(-c2ccc(Cl)cc2)n1.Cl. The van der Waals surface area contributed by atoms with Crippen LogP contribution in [0.25, 0.3) is 11.5 Å². The summed E-state index contributed by atoms with van der Waals surface area (Å²) >= 11 is 5.87. The zero-order chi connectivity index (χ0) is 17.1. The number of hydrogen-bond acceptors (Lipinski definition) is 5. The number of nitrogens with one attached hydrogen (secondary N) is 1. The van der Waals surface area contributed by atoms with Gasteiger partial charge in [0.25, 0.3) is 5.89 Å². The molecule has 0 radical (unpaired) electrons. The fourth-order valence-corrected chi connectivity index (χ4v) is 3.11. The van der Waals surface area contributed by atoms with Crippen LogP contribution in [0, 0.1) is 5.92 Å². The molecule has 1 aliphatic carbocycles. The molecule has 3 unspecified atom stereocenters. The molecule has 2 aromatic rings. The van der Waals surface area contributed by atoms with Gasteiger partial charge in [-0.1, -0.05) is 23.2 Å². The van der Waals surface area contributed by atoms with E-state index in [0.717, 1.165) is 31.2 Å². The zero-order valence-corrected chi connectivity index (χ0v) is 15.5. The second-order valence-electron chi connectivity index (χ2n) is 6.32. The highest BCUT2D eigenvalue weighted by Crippen LogP contribution is 2.25. The second-order valence-corrected chi connectivity index (χ2v) is 6.75. The van der Waals surface area contributed by atoms with E-state index in [4.69, 9.17) is 21.9 Å². The minimum absolute atomic E-state index is 0. The van der Waals surface area contributed by atoms with Gasteiger partial charge in [-0.3, -0.25) is 4.79 Å². The molecule has 0 saturated heterocycles. The Balaban J connectivity index is 0.00000225. The van der Waals surface area contributed by atoms with Crippen molar-refractivity contribution >= 4 is 29.9 Å². The predicted molar refractivity (Wildman–Crippen MR) is 98.5 cm³/mol. The highest BCUT2D eigenvalue weighted by atomic mass is 35.5. The van der Waals surface area contributed by atoms with E-state index in [0.29, 0.717) is 16.7 Å². The molecule has 1 aliphatic rings. The molecule has 8 heteroatoms. The third-order valence-corrected chi connectivity index (χ3v) is 4.62. The summed E-state index contributed by atoms with van der Waals surface area (Å²) in [6.07, 6.45) is 3.61. The van der Waals surface area contributed by atoms with Crippen LogP contribution >= 0.6 is 24.0 Å². The van der Waals surface area contributed by atoms with Crippen molar-refractivity contribution in [1.82, 2.24) is 15.5 Å². The number of amides is 1. The Bertz CT molecular complexity index is 705. The lowest BCUT2D eigenvalue weighted by Gasteiger charge is -2.26. The van der Waals surface area contributed by atoms with Crippen molar-refractivity contribution in [1.29, 1.82) is 0 Å². The van der Waals surface area contributed by atoms with Gasteiger partial charge in [-0.05, 0) is 50.5 Å². The average Bonchev–Trinajstić information content (AvgIpc) is 3.05. The monoisotopic (exact) mass is 384 g/mol. The maximum atomic E-state index is 12.4. The van der Waals surface area contributed by atoms with E-state index in [2.05, 4.69) is 15.5 Å². The van der Waals surface area contributed by atoms with Gasteiger partial charge in [-0.25, -0.2) is 0 Å². The minimum atomic E-state index is -0.319. The number of benzene rings is 1. The Morgan fingerprint density at radius 1 is 1.36 bits per heavy atom. The van der Waals surface area contributed by atoms with Crippen LogP contribution in [0.2, 0.25) is 5.02 Å². The number of hydrogen-bond donors (Lipinski definition) is 2. The molecule has 1 saturated carbocycles. The van der Waals surface area contributed by atoms with Gasteiger partial charge < -0.3 is 15.6 Å².